The molecule has 1 saturated heterocycles. The van der Waals surface area contributed by atoms with Crippen LogP contribution < -0.4 is 9.64 Å². The predicted molar refractivity (Wildman–Crippen MR) is 93.4 cm³/mol. The zero-order valence-corrected chi connectivity index (χ0v) is 13.6. The van der Waals surface area contributed by atoms with E-state index in [4.69, 9.17) is 10.00 Å². The van der Waals surface area contributed by atoms with Crippen LogP contribution in [0.1, 0.15) is 5.56 Å². The second-order valence-corrected chi connectivity index (χ2v) is 5.80. The molecule has 1 fully saturated rings. The van der Waals surface area contributed by atoms with E-state index < -0.39 is 0 Å². The summed E-state index contributed by atoms with van der Waals surface area (Å²) in [4.78, 5) is 4.58. The fourth-order valence-electron chi connectivity index (χ4n) is 2.86. The van der Waals surface area contributed by atoms with Crippen LogP contribution in [-0.4, -0.2) is 49.3 Å². The normalized spacial score (nSPS) is 15.0. The largest absolute Gasteiger partial charge is 0.506 e. The van der Waals surface area contributed by atoms with E-state index in [1.165, 1.54) is 0 Å². The Kier molecular flexibility index (Phi) is 5.19. The number of phenols is 1. The number of hydrogen-bond donors (Lipinski definition) is 1. The van der Waals surface area contributed by atoms with Gasteiger partial charge in [0.25, 0.3) is 0 Å². The van der Waals surface area contributed by atoms with E-state index in [0.717, 1.165) is 44.2 Å². The highest BCUT2D eigenvalue weighted by Gasteiger charge is 2.18. The van der Waals surface area contributed by atoms with Crippen LogP contribution >= 0.6 is 0 Å². The average molecular weight is 323 g/mol. The maximum Gasteiger partial charge on any atom is 0.138 e. The van der Waals surface area contributed by atoms with Gasteiger partial charge in [0.1, 0.15) is 18.1 Å². The highest BCUT2D eigenvalue weighted by molar-refractivity contribution is 5.57. The highest BCUT2D eigenvalue weighted by Crippen LogP contribution is 2.27. The summed E-state index contributed by atoms with van der Waals surface area (Å²) in [5.41, 5.74) is 1.55. The Bertz CT molecular complexity index is 701. The molecule has 2 aromatic rings. The molecule has 1 heterocycles. The first-order valence-electron chi connectivity index (χ1n) is 8.14. The van der Waals surface area contributed by atoms with Crippen LogP contribution in [0.4, 0.5) is 5.69 Å². The minimum atomic E-state index is 0.343. The number of nitriles is 1. The SMILES string of the molecule is N#Cc1ccc(OCCN2CCN(c3ccccc3O)CC2)cc1. The number of aromatic hydroxyl groups is 1. The van der Waals surface area contributed by atoms with Gasteiger partial charge in [-0.3, -0.25) is 4.90 Å². The monoisotopic (exact) mass is 323 g/mol. The first-order valence-corrected chi connectivity index (χ1v) is 8.14. The van der Waals surface area contributed by atoms with Crippen LogP contribution in [0, 0.1) is 11.3 Å². The number of piperazine rings is 1. The number of para-hydroxylation sites is 2. The van der Waals surface area contributed by atoms with Crippen molar-refractivity contribution in [3.63, 3.8) is 0 Å². The van der Waals surface area contributed by atoms with E-state index in [1.54, 1.807) is 18.2 Å². The Balaban J connectivity index is 1.42. The zero-order chi connectivity index (χ0) is 16.8. The summed E-state index contributed by atoms with van der Waals surface area (Å²) in [6, 6.07) is 16.8. The highest BCUT2D eigenvalue weighted by atomic mass is 16.5. The van der Waals surface area contributed by atoms with Gasteiger partial charge in [-0.05, 0) is 36.4 Å². The van der Waals surface area contributed by atoms with Crippen molar-refractivity contribution in [3.05, 3.63) is 54.1 Å². The van der Waals surface area contributed by atoms with Gasteiger partial charge in [-0.1, -0.05) is 12.1 Å². The molecule has 1 aliphatic heterocycles. The van der Waals surface area contributed by atoms with Crippen molar-refractivity contribution in [2.24, 2.45) is 0 Å². The summed E-state index contributed by atoms with van der Waals surface area (Å²) >= 11 is 0. The zero-order valence-electron chi connectivity index (χ0n) is 13.6. The minimum absolute atomic E-state index is 0.343. The van der Waals surface area contributed by atoms with E-state index in [0.29, 0.717) is 17.9 Å². The number of anilines is 1. The van der Waals surface area contributed by atoms with Crippen molar-refractivity contribution in [1.29, 1.82) is 5.26 Å². The van der Waals surface area contributed by atoms with Crippen LogP contribution in [0.25, 0.3) is 0 Å². The van der Waals surface area contributed by atoms with Gasteiger partial charge in [0.05, 0.1) is 17.3 Å². The second kappa shape index (κ2) is 7.71. The summed E-state index contributed by atoms with van der Waals surface area (Å²) < 4.78 is 5.73. The summed E-state index contributed by atoms with van der Waals surface area (Å²) in [6.07, 6.45) is 0. The van der Waals surface area contributed by atoms with Gasteiger partial charge in [0, 0.05) is 32.7 Å². The first kappa shape index (κ1) is 16.2. The third-order valence-corrected chi connectivity index (χ3v) is 4.25. The van der Waals surface area contributed by atoms with Crippen LogP contribution in [-0.2, 0) is 0 Å². The molecule has 0 spiro atoms. The maximum absolute atomic E-state index is 9.94. The fourth-order valence-corrected chi connectivity index (χ4v) is 2.86. The summed E-state index contributed by atoms with van der Waals surface area (Å²) in [5.74, 6) is 1.14. The quantitative estimate of drug-likeness (QED) is 0.916. The molecule has 0 unspecified atom stereocenters. The molecule has 5 heteroatoms. The Hall–Kier alpha value is -2.71. The topological polar surface area (TPSA) is 59.7 Å². The Morgan fingerprint density at radius 3 is 2.38 bits per heavy atom. The molecule has 24 heavy (non-hydrogen) atoms. The first-order chi connectivity index (χ1) is 11.8. The van der Waals surface area contributed by atoms with Crippen molar-refractivity contribution in [2.75, 3.05) is 44.2 Å². The van der Waals surface area contributed by atoms with E-state index >= 15 is 0 Å². The molecule has 5 nitrogen and oxygen atoms in total. The van der Waals surface area contributed by atoms with Crippen molar-refractivity contribution < 1.29 is 9.84 Å². The number of ether oxygens (including phenoxy) is 1. The number of phenolic OH excluding ortho intramolecular Hbond substituents is 1. The summed E-state index contributed by atoms with van der Waals surface area (Å²) in [6.45, 7) is 5.19. The van der Waals surface area contributed by atoms with Crippen molar-refractivity contribution in [1.82, 2.24) is 4.90 Å². The molecule has 1 N–H and O–H groups in total. The molecule has 124 valence electrons. The van der Waals surface area contributed by atoms with E-state index in [-0.39, 0.29) is 0 Å². The van der Waals surface area contributed by atoms with Crippen LogP contribution in [0.15, 0.2) is 48.5 Å². The molecule has 2 aromatic carbocycles. The van der Waals surface area contributed by atoms with Crippen LogP contribution in [0.3, 0.4) is 0 Å². The summed E-state index contributed by atoms with van der Waals surface area (Å²) in [7, 11) is 0. The van der Waals surface area contributed by atoms with Crippen LogP contribution in [0.2, 0.25) is 0 Å². The Labute approximate surface area is 142 Å². The molecule has 0 radical (unpaired) electrons. The smallest absolute Gasteiger partial charge is 0.138 e. The van der Waals surface area contributed by atoms with Gasteiger partial charge in [-0.15, -0.1) is 0 Å². The molecule has 0 atom stereocenters. The van der Waals surface area contributed by atoms with Crippen molar-refractivity contribution >= 4 is 5.69 Å². The summed E-state index contributed by atoms with van der Waals surface area (Å²) in [5, 5.41) is 18.7. The Morgan fingerprint density at radius 1 is 1.00 bits per heavy atom. The number of benzene rings is 2. The molecule has 3 rings (SSSR count). The minimum Gasteiger partial charge on any atom is -0.506 e. The molecule has 0 aromatic heterocycles. The number of nitrogens with zero attached hydrogens (tertiary/aromatic N) is 3. The van der Waals surface area contributed by atoms with E-state index in [1.807, 2.05) is 30.3 Å². The van der Waals surface area contributed by atoms with Gasteiger partial charge < -0.3 is 14.7 Å². The van der Waals surface area contributed by atoms with Crippen molar-refractivity contribution in [3.8, 4) is 17.6 Å². The number of rotatable bonds is 5. The lowest BCUT2D eigenvalue weighted by atomic mass is 10.2. The van der Waals surface area contributed by atoms with Gasteiger partial charge in [0.2, 0.25) is 0 Å². The van der Waals surface area contributed by atoms with Crippen LogP contribution in [0.5, 0.6) is 11.5 Å². The molecule has 0 saturated carbocycles. The number of hydrogen-bond acceptors (Lipinski definition) is 5. The van der Waals surface area contributed by atoms with Crippen molar-refractivity contribution in [2.45, 2.75) is 0 Å². The van der Waals surface area contributed by atoms with E-state index in [2.05, 4.69) is 15.9 Å². The predicted octanol–water partition coefficient (Wildman–Crippen LogP) is 2.46. The molecule has 0 bridgehead atoms. The lowest BCUT2D eigenvalue weighted by molar-refractivity contribution is 0.200. The molecule has 0 aliphatic carbocycles. The second-order valence-electron chi connectivity index (χ2n) is 5.80. The van der Waals surface area contributed by atoms with Gasteiger partial charge >= 0.3 is 0 Å². The standard InChI is InChI=1S/C19H21N3O2/c20-15-16-5-7-17(8-6-16)24-14-13-21-9-11-22(12-10-21)18-3-1-2-4-19(18)23/h1-8,23H,9-14H2. The maximum atomic E-state index is 9.94. The Morgan fingerprint density at radius 2 is 1.71 bits per heavy atom. The molecular formula is C19H21N3O2. The lowest BCUT2D eigenvalue weighted by Gasteiger charge is -2.36. The lowest BCUT2D eigenvalue weighted by Crippen LogP contribution is -2.47. The third-order valence-electron chi connectivity index (χ3n) is 4.25. The average Bonchev–Trinajstić information content (AvgIpc) is 2.63. The van der Waals surface area contributed by atoms with Gasteiger partial charge in [-0.2, -0.15) is 5.26 Å². The molecule has 0 amide bonds. The van der Waals surface area contributed by atoms with E-state index in [9.17, 15) is 5.11 Å². The molecule has 1 aliphatic rings. The fraction of sp³-hybridized carbons (Fsp3) is 0.316. The van der Waals surface area contributed by atoms with Gasteiger partial charge in [0.15, 0.2) is 0 Å². The van der Waals surface area contributed by atoms with Gasteiger partial charge in [-0.25, -0.2) is 0 Å². The molecular weight excluding hydrogens is 302 g/mol. The third kappa shape index (κ3) is 3.98.